The van der Waals surface area contributed by atoms with E-state index in [4.69, 9.17) is 8.83 Å². The van der Waals surface area contributed by atoms with Crippen LogP contribution >= 0.6 is 0 Å². The molecule has 0 amide bonds. The molecule has 0 radical (unpaired) electrons. The van der Waals surface area contributed by atoms with Crippen LogP contribution in [0.15, 0.2) is 232 Å². The van der Waals surface area contributed by atoms with Crippen molar-refractivity contribution in [3.63, 3.8) is 0 Å². The Morgan fingerprint density at radius 3 is 1.80 bits per heavy atom. The normalized spacial score (nSPS) is 14.6. The molecule has 0 aliphatic heterocycles. The zero-order chi connectivity index (χ0) is 46.1. The number of hydrogen-bond acceptors (Lipinski definition) is 4. The number of aryl methyl sites for hydroxylation is 1. The number of para-hydroxylation sites is 3. The Labute approximate surface area is 406 Å². The molecule has 4 nitrogen and oxygen atoms in total. The molecule has 3 aliphatic rings. The van der Waals surface area contributed by atoms with Gasteiger partial charge in [-0.05, 0) is 173 Å². The summed E-state index contributed by atoms with van der Waals surface area (Å²) in [6.45, 7) is 0. The van der Waals surface area contributed by atoms with Crippen LogP contribution in [0.2, 0.25) is 0 Å². The number of rotatable bonds is 8. The van der Waals surface area contributed by atoms with Crippen molar-refractivity contribution in [1.82, 2.24) is 0 Å². The van der Waals surface area contributed by atoms with Crippen LogP contribution in [-0.4, -0.2) is 0 Å². The summed E-state index contributed by atoms with van der Waals surface area (Å²) in [7, 11) is 0. The number of furan rings is 2. The quantitative estimate of drug-likeness (QED) is 0.152. The molecule has 0 N–H and O–H groups in total. The molecular formula is C66H48N2O2. The van der Waals surface area contributed by atoms with Gasteiger partial charge < -0.3 is 18.6 Å². The number of fused-ring (bicyclic) bond motifs is 11. The predicted molar refractivity (Wildman–Crippen MR) is 292 cm³/mol. The summed E-state index contributed by atoms with van der Waals surface area (Å²) in [5.74, 6) is 0.989. The van der Waals surface area contributed by atoms with Gasteiger partial charge in [-0.15, -0.1) is 0 Å². The van der Waals surface area contributed by atoms with Crippen molar-refractivity contribution in [3.8, 4) is 11.1 Å². The van der Waals surface area contributed by atoms with Gasteiger partial charge in [-0.25, -0.2) is 0 Å². The summed E-state index contributed by atoms with van der Waals surface area (Å²) in [6.07, 6.45) is 15.3. The van der Waals surface area contributed by atoms with Crippen molar-refractivity contribution in [2.24, 2.45) is 0 Å². The minimum absolute atomic E-state index is 0.884. The minimum atomic E-state index is 0.884. The number of hydrogen-bond donors (Lipinski definition) is 0. The van der Waals surface area contributed by atoms with Crippen LogP contribution < -0.4 is 20.2 Å². The number of allylic oxidation sites excluding steroid dienone is 4. The third-order valence-electron chi connectivity index (χ3n) is 14.9. The van der Waals surface area contributed by atoms with Crippen molar-refractivity contribution in [3.05, 3.63) is 245 Å². The topological polar surface area (TPSA) is 32.8 Å². The Hall–Kier alpha value is -8.60. The Kier molecular flexibility index (Phi) is 9.58. The lowest BCUT2D eigenvalue weighted by atomic mass is 9.84. The summed E-state index contributed by atoms with van der Waals surface area (Å²) in [6, 6.07) is 70.0. The first-order valence-electron chi connectivity index (χ1n) is 24.7. The third-order valence-corrected chi connectivity index (χ3v) is 14.9. The first kappa shape index (κ1) is 40.5. The molecule has 0 fully saturated rings. The van der Waals surface area contributed by atoms with Gasteiger partial charge in [0.2, 0.25) is 0 Å². The summed E-state index contributed by atoms with van der Waals surface area (Å²) < 4.78 is 13.6. The van der Waals surface area contributed by atoms with Crippen LogP contribution in [0.5, 0.6) is 0 Å². The van der Waals surface area contributed by atoms with Gasteiger partial charge in [-0.2, -0.15) is 0 Å². The monoisotopic (exact) mass is 900 g/mol. The van der Waals surface area contributed by atoms with Crippen LogP contribution in [0, 0.1) is 0 Å². The second-order valence-electron chi connectivity index (χ2n) is 18.8. The summed E-state index contributed by atoms with van der Waals surface area (Å²) in [5.41, 5.74) is 16.3. The van der Waals surface area contributed by atoms with E-state index in [0.717, 1.165) is 94.4 Å². The van der Waals surface area contributed by atoms with Crippen molar-refractivity contribution >= 4 is 94.5 Å². The highest BCUT2D eigenvalue weighted by Gasteiger charge is 2.27. The maximum absolute atomic E-state index is 6.81. The average molecular weight is 901 g/mol. The Bertz CT molecular complexity index is 4080. The predicted octanol–water partition coefficient (Wildman–Crippen LogP) is 16.6. The van der Waals surface area contributed by atoms with Gasteiger partial charge in [-0.3, -0.25) is 0 Å². The maximum Gasteiger partial charge on any atom is 0.136 e. The van der Waals surface area contributed by atoms with E-state index in [1.54, 1.807) is 0 Å². The maximum atomic E-state index is 6.81. The summed E-state index contributed by atoms with van der Waals surface area (Å²) >= 11 is 0. The van der Waals surface area contributed by atoms with Crippen LogP contribution in [0.1, 0.15) is 43.4 Å². The van der Waals surface area contributed by atoms with E-state index in [1.807, 2.05) is 0 Å². The summed E-state index contributed by atoms with van der Waals surface area (Å²) in [5, 5.41) is 10.9. The van der Waals surface area contributed by atoms with Crippen LogP contribution in [-0.2, 0) is 6.42 Å². The van der Waals surface area contributed by atoms with Crippen molar-refractivity contribution < 1.29 is 8.83 Å². The molecule has 0 saturated carbocycles. The van der Waals surface area contributed by atoms with E-state index >= 15 is 0 Å². The zero-order valence-corrected chi connectivity index (χ0v) is 38.7. The molecule has 2 aromatic heterocycles. The molecule has 334 valence electrons. The molecule has 70 heavy (non-hydrogen) atoms. The van der Waals surface area contributed by atoms with E-state index in [2.05, 4.69) is 228 Å². The number of benzene rings is 9. The van der Waals surface area contributed by atoms with E-state index in [9.17, 15) is 0 Å². The number of anilines is 4. The van der Waals surface area contributed by atoms with Crippen molar-refractivity contribution in [1.29, 1.82) is 0 Å². The standard InChI is InChI=1S/C66H48N2O2/c1-5-17-45(18-6-1)67(46-19-7-2-8-20-46)59-37-33-49(51-25-13-15-27-53(51)59)43-29-31-57-63(41-43)69-61-39-35-56-55(65(57)61)36-40-62-66(56)58-32-30-44(42-64(58)70-62)50-34-38-60(54-28-16-14-26-52(50)54)68(47-21-9-3-10-22-47)48-23-11-4-12-24-48/h1-3,5-11,13-29,31,33,35-37,39-42H,4,12,30,32,34,38H2. The lowest BCUT2D eigenvalue weighted by molar-refractivity contribution is 0.594. The molecular weight excluding hydrogens is 853 g/mol. The summed E-state index contributed by atoms with van der Waals surface area (Å²) in [4.78, 5) is 4.84. The largest absolute Gasteiger partial charge is 0.456 e. The molecule has 0 atom stereocenters. The van der Waals surface area contributed by atoms with Crippen LogP contribution in [0.3, 0.4) is 0 Å². The molecule has 0 spiro atoms. The molecule has 9 aromatic carbocycles. The second-order valence-corrected chi connectivity index (χ2v) is 18.8. The molecule has 14 rings (SSSR count). The van der Waals surface area contributed by atoms with Gasteiger partial charge in [0.25, 0.3) is 0 Å². The first-order chi connectivity index (χ1) is 34.7. The van der Waals surface area contributed by atoms with E-state index < -0.39 is 0 Å². The smallest absolute Gasteiger partial charge is 0.136 e. The molecule has 4 heteroatoms. The second kappa shape index (κ2) is 16.6. The minimum Gasteiger partial charge on any atom is -0.456 e. The van der Waals surface area contributed by atoms with E-state index in [1.165, 1.54) is 76.7 Å². The van der Waals surface area contributed by atoms with Crippen LogP contribution in [0.4, 0.5) is 22.7 Å². The molecule has 0 unspecified atom stereocenters. The molecule has 0 bridgehead atoms. The van der Waals surface area contributed by atoms with Gasteiger partial charge in [0.05, 0.1) is 5.69 Å². The van der Waals surface area contributed by atoms with Crippen molar-refractivity contribution in [2.45, 2.75) is 38.5 Å². The average Bonchev–Trinajstić information content (AvgIpc) is 4.00. The highest BCUT2D eigenvalue weighted by Crippen LogP contribution is 2.46. The van der Waals surface area contributed by atoms with E-state index in [-0.39, 0.29) is 0 Å². The van der Waals surface area contributed by atoms with Crippen molar-refractivity contribution in [2.75, 3.05) is 9.80 Å². The Morgan fingerprint density at radius 1 is 0.429 bits per heavy atom. The zero-order valence-electron chi connectivity index (χ0n) is 38.7. The van der Waals surface area contributed by atoms with Gasteiger partial charge in [0.1, 0.15) is 22.5 Å². The Balaban J connectivity index is 0.853. The molecule has 2 heterocycles. The first-order valence-corrected chi connectivity index (χ1v) is 24.7. The number of nitrogens with zero attached hydrogens (tertiary/aromatic N) is 2. The fourth-order valence-electron chi connectivity index (χ4n) is 11.8. The molecule has 0 saturated heterocycles. The lowest BCUT2D eigenvalue weighted by Gasteiger charge is -2.32. The molecule has 3 aliphatic carbocycles. The lowest BCUT2D eigenvalue weighted by Crippen LogP contribution is -2.38. The Morgan fingerprint density at radius 2 is 1.07 bits per heavy atom. The highest BCUT2D eigenvalue weighted by atomic mass is 16.3. The van der Waals surface area contributed by atoms with E-state index in [0.29, 0.717) is 0 Å². The van der Waals surface area contributed by atoms with Gasteiger partial charge in [0.15, 0.2) is 0 Å². The third kappa shape index (κ3) is 6.58. The SMILES string of the molecule is C1=CC(N(C2=c3ccccc3=C(C3=Cc4oc5ccc6c(ccc7oc8cc(-c9ccc(N(c%10ccccc%10)c%10ccccc%10)c%10ccccc9%10)ccc8c76)c5c4CC3)CC2)c2ccccc2)=CCC1. The highest BCUT2D eigenvalue weighted by molar-refractivity contribution is 6.24. The van der Waals surface area contributed by atoms with Crippen LogP contribution in [0.25, 0.3) is 82.9 Å². The van der Waals surface area contributed by atoms with Gasteiger partial charge in [0, 0.05) is 60.8 Å². The van der Waals surface area contributed by atoms with Gasteiger partial charge >= 0.3 is 0 Å². The fourth-order valence-corrected chi connectivity index (χ4v) is 11.8. The fraction of sp³-hybridized carbons (Fsp3) is 0.0909. The van der Waals surface area contributed by atoms with Gasteiger partial charge in [-0.1, -0.05) is 127 Å². The molecule has 11 aromatic rings.